The van der Waals surface area contributed by atoms with Crippen LogP contribution in [0.2, 0.25) is 0 Å². The maximum Gasteiger partial charge on any atom is 0.266 e. The van der Waals surface area contributed by atoms with Gasteiger partial charge in [-0.15, -0.1) is 0 Å². The summed E-state index contributed by atoms with van der Waals surface area (Å²) < 4.78 is 30.4. The molecule has 2 heterocycles. The Labute approximate surface area is 191 Å². The number of carbonyl (C=O) groups excluding carboxylic acids is 1. The second-order valence-corrected chi connectivity index (χ2v) is 10.6. The highest BCUT2D eigenvalue weighted by molar-refractivity contribution is 7.91. The van der Waals surface area contributed by atoms with Gasteiger partial charge in [0, 0.05) is 11.6 Å². The van der Waals surface area contributed by atoms with Gasteiger partial charge in [-0.1, -0.05) is 12.6 Å². The van der Waals surface area contributed by atoms with E-state index in [2.05, 4.69) is 16.9 Å². The smallest absolute Gasteiger partial charge is 0.266 e. The van der Waals surface area contributed by atoms with E-state index >= 15 is 0 Å². The van der Waals surface area contributed by atoms with E-state index in [4.69, 9.17) is 4.74 Å². The zero-order valence-electron chi connectivity index (χ0n) is 18.5. The minimum atomic E-state index is -3.10. The number of hydrogen-bond acceptors (Lipinski definition) is 6. The Balaban J connectivity index is 1.67. The van der Waals surface area contributed by atoms with Crippen molar-refractivity contribution >= 4 is 26.6 Å². The first-order chi connectivity index (χ1) is 15.6. The number of carbonyl (C=O) groups is 1. The minimum Gasteiger partial charge on any atom is -0.489 e. The van der Waals surface area contributed by atoms with Crippen LogP contribution in [-0.4, -0.2) is 48.0 Å². The van der Waals surface area contributed by atoms with Crippen LogP contribution >= 0.6 is 0 Å². The van der Waals surface area contributed by atoms with Gasteiger partial charge in [-0.3, -0.25) is 14.2 Å². The van der Waals surface area contributed by atoms with Gasteiger partial charge in [0.2, 0.25) is 0 Å². The summed E-state index contributed by atoms with van der Waals surface area (Å²) in [6.07, 6.45) is 0.400. The molecule has 0 spiro atoms. The monoisotopic (exact) mass is 467 g/mol. The Morgan fingerprint density at radius 1 is 1.27 bits per heavy atom. The van der Waals surface area contributed by atoms with Crippen LogP contribution in [0.4, 0.5) is 0 Å². The number of fused-ring (bicyclic) bond motifs is 1. The summed E-state index contributed by atoms with van der Waals surface area (Å²) in [6, 6.07) is 11.4. The number of benzene rings is 2. The molecule has 172 valence electrons. The summed E-state index contributed by atoms with van der Waals surface area (Å²) in [6.45, 7) is 7.74. The lowest BCUT2D eigenvalue weighted by Gasteiger charge is -2.14. The van der Waals surface area contributed by atoms with Crippen LogP contribution < -0.4 is 15.6 Å². The molecule has 1 aromatic heterocycles. The largest absolute Gasteiger partial charge is 0.489 e. The Hall–Kier alpha value is -3.46. The fourth-order valence-electron chi connectivity index (χ4n) is 3.84. The zero-order valence-corrected chi connectivity index (χ0v) is 19.3. The standard InChI is InChI=1S/C24H25N3O5S/c1-15(2)13-32-20-7-8-22-21(12-20)24(29)27(16(3)25-22)19-6-4-5-17(11-19)23(28)26-18-9-10-33(30,31)14-18/h4-8,11-12,18H,1,9-10,13-14H2,2-3H3,(H,26,28)/t18-/m0/s1. The molecular formula is C24H25N3O5S. The molecule has 1 aliphatic rings. The third kappa shape index (κ3) is 4.98. The van der Waals surface area contributed by atoms with Crippen LogP contribution in [0.3, 0.4) is 0 Å². The van der Waals surface area contributed by atoms with Crippen molar-refractivity contribution in [2.45, 2.75) is 26.3 Å². The molecule has 1 amide bonds. The number of hydrogen-bond donors (Lipinski definition) is 1. The van der Waals surface area contributed by atoms with Crippen LogP contribution in [-0.2, 0) is 9.84 Å². The molecule has 1 atom stereocenters. The molecule has 8 nitrogen and oxygen atoms in total. The predicted molar refractivity (Wildman–Crippen MR) is 127 cm³/mol. The number of nitrogens with zero attached hydrogens (tertiary/aromatic N) is 2. The lowest BCUT2D eigenvalue weighted by atomic mass is 10.1. The van der Waals surface area contributed by atoms with Crippen LogP contribution in [0.1, 0.15) is 29.5 Å². The van der Waals surface area contributed by atoms with Crippen molar-refractivity contribution in [2.24, 2.45) is 0 Å². The fraction of sp³-hybridized carbons (Fsp3) is 0.292. The quantitative estimate of drug-likeness (QED) is 0.559. The van der Waals surface area contributed by atoms with E-state index in [0.29, 0.717) is 46.8 Å². The van der Waals surface area contributed by atoms with E-state index in [-0.39, 0.29) is 23.0 Å². The lowest BCUT2D eigenvalue weighted by molar-refractivity contribution is 0.0941. The third-order valence-electron chi connectivity index (χ3n) is 5.43. The van der Waals surface area contributed by atoms with E-state index in [9.17, 15) is 18.0 Å². The van der Waals surface area contributed by atoms with Crippen molar-refractivity contribution in [3.63, 3.8) is 0 Å². The SMILES string of the molecule is C=C(C)COc1ccc2nc(C)n(-c3cccc(C(=O)N[C@H]4CCS(=O)(=O)C4)c3)c(=O)c2c1. The van der Waals surface area contributed by atoms with Gasteiger partial charge in [0.15, 0.2) is 9.84 Å². The first kappa shape index (κ1) is 22.7. The van der Waals surface area contributed by atoms with E-state index in [1.165, 1.54) is 4.57 Å². The molecule has 1 saturated heterocycles. The summed E-state index contributed by atoms with van der Waals surface area (Å²) in [4.78, 5) is 30.6. The van der Waals surface area contributed by atoms with Crippen LogP contribution in [0, 0.1) is 6.92 Å². The van der Waals surface area contributed by atoms with Crippen LogP contribution in [0.5, 0.6) is 5.75 Å². The fourth-order valence-corrected chi connectivity index (χ4v) is 5.51. The lowest BCUT2D eigenvalue weighted by Crippen LogP contribution is -2.35. The molecule has 0 radical (unpaired) electrons. The normalized spacial score (nSPS) is 17.1. The topological polar surface area (TPSA) is 107 Å². The summed E-state index contributed by atoms with van der Waals surface area (Å²) in [5, 5.41) is 3.17. The van der Waals surface area contributed by atoms with E-state index in [1.807, 2.05) is 6.92 Å². The molecule has 0 bridgehead atoms. The van der Waals surface area contributed by atoms with Gasteiger partial charge in [-0.05, 0) is 62.2 Å². The Bertz CT molecular complexity index is 1430. The molecule has 0 unspecified atom stereocenters. The third-order valence-corrected chi connectivity index (χ3v) is 7.19. The van der Waals surface area contributed by atoms with Crippen molar-refractivity contribution in [2.75, 3.05) is 18.1 Å². The average molecular weight is 468 g/mol. The zero-order chi connectivity index (χ0) is 23.8. The summed E-state index contributed by atoms with van der Waals surface area (Å²) >= 11 is 0. The summed E-state index contributed by atoms with van der Waals surface area (Å²) in [7, 11) is -3.10. The first-order valence-corrected chi connectivity index (χ1v) is 12.4. The van der Waals surface area contributed by atoms with Gasteiger partial charge in [-0.2, -0.15) is 0 Å². The number of rotatable bonds is 6. The highest BCUT2D eigenvalue weighted by Crippen LogP contribution is 2.20. The van der Waals surface area contributed by atoms with Crippen LogP contribution in [0.15, 0.2) is 59.4 Å². The van der Waals surface area contributed by atoms with Crippen molar-refractivity contribution < 1.29 is 17.9 Å². The average Bonchev–Trinajstić information content (AvgIpc) is 3.10. The Kier molecular flexibility index (Phi) is 6.07. The molecule has 3 aromatic rings. The van der Waals surface area contributed by atoms with Gasteiger partial charge in [-0.25, -0.2) is 13.4 Å². The van der Waals surface area contributed by atoms with Crippen molar-refractivity contribution in [3.05, 3.63) is 76.4 Å². The van der Waals surface area contributed by atoms with Gasteiger partial charge in [0.1, 0.15) is 18.2 Å². The molecule has 1 aliphatic heterocycles. The minimum absolute atomic E-state index is 0.0542. The van der Waals surface area contributed by atoms with Crippen molar-refractivity contribution in [1.82, 2.24) is 14.9 Å². The predicted octanol–water partition coefficient (Wildman–Crippen LogP) is 2.57. The molecule has 1 N–H and O–H groups in total. The highest BCUT2D eigenvalue weighted by Gasteiger charge is 2.29. The molecule has 9 heteroatoms. The second-order valence-electron chi connectivity index (χ2n) is 8.35. The van der Waals surface area contributed by atoms with E-state index in [1.54, 1.807) is 49.4 Å². The molecule has 2 aromatic carbocycles. The molecular weight excluding hydrogens is 442 g/mol. The number of amides is 1. The number of aromatic nitrogens is 2. The number of nitrogens with one attached hydrogen (secondary N) is 1. The van der Waals surface area contributed by atoms with Gasteiger partial charge in [0.25, 0.3) is 11.5 Å². The van der Waals surface area contributed by atoms with E-state index < -0.39 is 15.9 Å². The van der Waals surface area contributed by atoms with Gasteiger partial charge < -0.3 is 10.1 Å². The maximum atomic E-state index is 13.4. The molecule has 4 rings (SSSR count). The van der Waals surface area contributed by atoms with Gasteiger partial charge in [0.05, 0.1) is 28.1 Å². The Morgan fingerprint density at radius 2 is 2.06 bits per heavy atom. The summed E-state index contributed by atoms with van der Waals surface area (Å²) in [5.41, 5.74) is 1.96. The molecule has 0 aliphatic carbocycles. The molecule has 33 heavy (non-hydrogen) atoms. The molecule has 0 saturated carbocycles. The second kappa shape index (κ2) is 8.82. The van der Waals surface area contributed by atoms with Crippen molar-refractivity contribution in [1.29, 1.82) is 0 Å². The number of sulfone groups is 1. The maximum absolute atomic E-state index is 13.4. The molecule has 1 fully saturated rings. The van der Waals surface area contributed by atoms with Crippen molar-refractivity contribution in [3.8, 4) is 11.4 Å². The Morgan fingerprint density at radius 3 is 2.76 bits per heavy atom. The summed E-state index contributed by atoms with van der Waals surface area (Å²) in [5.74, 6) is 0.658. The first-order valence-electron chi connectivity index (χ1n) is 10.6. The van der Waals surface area contributed by atoms with E-state index in [0.717, 1.165) is 5.57 Å². The highest BCUT2D eigenvalue weighted by atomic mass is 32.2. The number of ether oxygens (including phenoxy) is 1. The van der Waals surface area contributed by atoms with Crippen LogP contribution in [0.25, 0.3) is 16.6 Å². The van der Waals surface area contributed by atoms with Gasteiger partial charge >= 0.3 is 0 Å². The number of aryl methyl sites for hydroxylation is 1.